The molecule has 0 saturated carbocycles. The van der Waals surface area contributed by atoms with E-state index in [4.69, 9.17) is 5.73 Å². The summed E-state index contributed by atoms with van der Waals surface area (Å²) in [6, 6.07) is 20.3. The van der Waals surface area contributed by atoms with E-state index in [9.17, 15) is 5.26 Å². The Balaban J connectivity index is 1.98. The maximum absolute atomic E-state index is 9.59. The maximum Gasteiger partial charge on any atom is 0.142 e. The molecule has 2 heterocycles. The molecule has 0 aliphatic carbocycles. The van der Waals surface area contributed by atoms with E-state index in [1.54, 1.807) is 0 Å². The third kappa shape index (κ3) is 2.52. The lowest BCUT2D eigenvalue weighted by molar-refractivity contribution is 1.31. The fraction of sp³-hybridized carbons (Fsp3) is 0.0476. The van der Waals surface area contributed by atoms with Crippen molar-refractivity contribution in [2.24, 2.45) is 0 Å². The lowest BCUT2D eigenvalue weighted by Crippen LogP contribution is -1.99. The van der Waals surface area contributed by atoms with Gasteiger partial charge < -0.3 is 10.7 Å². The molecular weight excluding hydrogens is 308 g/mol. The number of fused-ring (bicyclic) bond motifs is 1. The van der Waals surface area contributed by atoms with Crippen LogP contribution in [0.1, 0.15) is 11.1 Å². The van der Waals surface area contributed by atoms with Crippen molar-refractivity contribution in [3.63, 3.8) is 0 Å². The molecule has 0 fully saturated rings. The minimum absolute atomic E-state index is 0.251. The van der Waals surface area contributed by atoms with Crippen LogP contribution in [0.15, 0.2) is 60.8 Å². The van der Waals surface area contributed by atoms with Gasteiger partial charge in [0.15, 0.2) is 0 Å². The number of aromatic amines is 1. The molecule has 120 valence electrons. The summed E-state index contributed by atoms with van der Waals surface area (Å²) in [5.74, 6) is 0.251. The Morgan fingerprint density at radius 3 is 2.56 bits per heavy atom. The number of H-pyrrole nitrogens is 1. The summed E-state index contributed by atoms with van der Waals surface area (Å²) in [5, 5.41) is 10.6. The number of rotatable bonds is 2. The molecule has 0 spiro atoms. The molecule has 0 unspecified atom stereocenters. The van der Waals surface area contributed by atoms with Crippen LogP contribution in [0.4, 0.5) is 5.82 Å². The topological polar surface area (TPSA) is 78.5 Å². The number of aryl methyl sites for hydroxylation is 1. The van der Waals surface area contributed by atoms with Gasteiger partial charge in [-0.1, -0.05) is 48.0 Å². The summed E-state index contributed by atoms with van der Waals surface area (Å²) in [5.41, 5.74) is 12.2. The minimum atomic E-state index is 0.251. The highest BCUT2D eigenvalue weighted by molar-refractivity contribution is 5.98. The number of hydrogen-bond donors (Lipinski definition) is 2. The molecule has 0 bridgehead atoms. The second-order valence-electron chi connectivity index (χ2n) is 6.04. The number of aromatic nitrogens is 2. The first kappa shape index (κ1) is 15.0. The predicted molar refractivity (Wildman–Crippen MR) is 101 cm³/mol. The van der Waals surface area contributed by atoms with E-state index in [2.05, 4.69) is 16.0 Å². The van der Waals surface area contributed by atoms with Crippen molar-refractivity contribution in [2.75, 3.05) is 5.73 Å². The SMILES string of the molecule is Cc1ccc(-c2cc(-c3c[nH]c4ccccc34)c(C#N)c(N)n2)cc1. The molecule has 2 aromatic heterocycles. The van der Waals surface area contributed by atoms with Gasteiger partial charge in [-0.25, -0.2) is 4.98 Å². The van der Waals surface area contributed by atoms with E-state index >= 15 is 0 Å². The van der Waals surface area contributed by atoms with Crippen LogP contribution < -0.4 is 5.73 Å². The van der Waals surface area contributed by atoms with Crippen molar-refractivity contribution in [2.45, 2.75) is 6.92 Å². The Labute approximate surface area is 145 Å². The zero-order valence-electron chi connectivity index (χ0n) is 13.7. The van der Waals surface area contributed by atoms with Crippen molar-refractivity contribution in [1.82, 2.24) is 9.97 Å². The van der Waals surface area contributed by atoms with Crippen LogP contribution >= 0.6 is 0 Å². The molecule has 25 heavy (non-hydrogen) atoms. The maximum atomic E-state index is 9.59. The van der Waals surface area contributed by atoms with Gasteiger partial charge in [-0.05, 0) is 19.1 Å². The summed E-state index contributed by atoms with van der Waals surface area (Å²) in [6.07, 6.45) is 1.92. The van der Waals surface area contributed by atoms with E-state index in [1.165, 1.54) is 5.56 Å². The zero-order chi connectivity index (χ0) is 17.4. The number of nitrogen functional groups attached to an aromatic ring is 1. The van der Waals surface area contributed by atoms with Crippen molar-refractivity contribution in [1.29, 1.82) is 5.26 Å². The molecule has 0 amide bonds. The van der Waals surface area contributed by atoms with Crippen molar-refractivity contribution in [3.8, 4) is 28.5 Å². The van der Waals surface area contributed by atoms with Gasteiger partial charge in [-0.15, -0.1) is 0 Å². The van der Waals surface area contributed by atoms with Crippen molar-refractivity contribution < 1.29 is 0 Å². The first-order valence-corrected chi connectivity index (χ1v) is 8.01. The summed E-state index contributed by atoms with van der Waals surface area (Å²) in [4.78, 5) is 7.69. The highest BCUT2D eigenvalue weighted by Crippen LogP contribution is 2.35. The first-order valence-electron chi connectivity index (χ1n) is 8.01. The largest absolute Gasteiger partial charge is 0.383 e. The summed E-state index contributed by atoms with van der Waals surface area (Å²) >= 11 is 0. The smallest absolute Gasteiger partial charge is 0.142 e. The van der Waals surface area contributed by atoms with Gasteiger partial charge in [0.1, 0.15) is 17.5 Å². The van der Waals surface area contributed by atoms with Crippen LogP contribution in [0.5, 0.6) is 0 Å². The molecule has 0 aliphatic rings. The highest BCUT2D eigenvalue weighted by atomic mass is 14.8. The summed E-state index contributed by atoms with van der Waals surface area (Å²) in [6.45, 7) is 2.04. The van der Waals surface area contributed by atoms with E-state index in [-0.39, 0.29) is 5.82 Å². The number of nitriles is 1. The van der Waals surface area contributed by atoms with Gasteiger partial charge in [-0.3, -0.25) is 0 Å². The fourth-order valence-corrected chi connectivity index (χ4v) is 3.06. The lowest BCUT2D eigenvalue weighted by atomic mass is 9.98. The van der Waals surface area contributed by atoms with Crippen LogP contribution in [0.2, 0.25) is 0 Å². The highest BCUT2D eigenvalue weighted by Gasteiger charge is 2.16. The number of pyridine rings is 1. The second kappa shape index (κ2) is 5.81. The Hall–Kier alpha value is -3.58. The van der Waals surface area contributed by atoms with Crippen LogP contribution in [0.25, 0.3) is 33.3 Å². The van der Waals surface area contributed by atoms with Crippen LogP contribution in [0, 0.1) is 18.3 Å². The third-order valence-corrected chi connectivity index (χ3v) is 4.39. The zero-order valence-corrected chi connectivity index (χ0v) is 13.7. The van der Waals surface area contributed by atoms with Gasteiger partial charge in [0.05, 0.1) is 5.69 Å². The number of nitrogens with one attached hydrogen (secondary N) is 1. The Kier molecular flexibility index (Phi) is 3.48. The molecule has 0 saturated heterocycles. The first-order chi connectivity index (χ1) is 12.2. The lowest BCUT2D eigenvalue weighted by Gasteiger charge is -2.10. The predicted octanol–water partition coefficient (Wildman–Crippen LogP) is 4.66. The van der Waals surface area contributed by atoms with Gasteiger partial charge in [0.2, 0.25) is 0 Å². The van der Waals surface area contributed by atoms with E-state index < -0.39 is 0 Å². The molecule has 0 aliphatic heterocycles. The molecule has 0 atom stereocenters. The number of hydrogen-bond acceptors (Lipinski definition) is 3. The summed E-state index contributed by atoms with van der Waals surface area (Å²) in [7, 11) is 0. The van der Waals surface area contributed by atoms with Crippen molar-refractivity contribution >= 4 is 16.7 Å². The molecule has 2 aromatic carbocycles. The van der Waals surface area contributed by atoms with E-state index in [1.807, 2.05) is 67.7 Å². The number of anilines is 1. The quantitative estimate of drug-likeness (QED) is 0.563. The molecular formula is C21H16N4. The van der Waals surface area contributed by atoms with Gasteiger partial charge in [0.25, 0.3) is 0 Å². The van der Waals surface area contributed by atoms with Crippen LogP contribution in [0.3, 0.4) is 0 Å². The van der Waals surface area contributed by atoms with Crippen LogP contribution in [-0.4, -0.2) is 9.97 Å². The number of benzene rings is 2. The molecule has 3 N–H and O–H groups in total. The third-order valence-electron chi connectivity index (χ3n) is 4.39. The number of nitrogens with two attached hydrogens (primary N) is 1. The normalized spacial score (nSPS) is 10.7. The molecule has 0 radical (unpaired) electrons. The van der Waals surface area contributed by atoms with Crippen LogP contribution in [-0.2, 0) is 0 Å². The number of para-hydroxylation sites is 1. The summed E-state index contributed by atoms with van der Waals surface area (Å²) < 4.78 is 0. The Bertz CT molecular complexity index is 1120. The average molecular weight is 324 g/mol. The second-order valence-corrected chi connectivity index (χ2v) is 6.04. The average Bonchev–Trinajstić information content (AvgIpc) is 3.05. The van der Waals surface area contributed by atoms with Gasteiger partial charge in [-0.2, -0.15) is 5.26 Å². The molecule has 4 heteroatoms. The van der Waals surface area contributed by atoms with Gasteiger partial charge >= 0.3 is 0 Å². The molecule has 4 aromatic rings. The van der Waals surface area contributed by atoms with Gasteiger partial charge in [0, 0.05) is 33.8 Å². The van der Waals surface area contributed by atoms with E-state index in [0.717, 1.165) is 33.3 Å². The monoisotopic (exact) mass is 324 g/mol. The Morgan fingerprint density at radius 2 is 1.80 bits per heavy atom. The van der Waals surface area contributed by atoms with E-state index in [0.29, 0.717) is 5.56 Å². The fourth-order valence-electron chi connectivity index (χ4n) is 3.06. The molecule has 4 nitrogen and oxygen atoms in total. The minimum Gasteiger partial charge on any atom is -0.383 e. The number of nitrogens with zero attached hydrogens (tertiary/aromatic N) is 2. The standard InChI is InChI=1S/C21H16N4/c1-13-6-8-14(9-7-13)20-10-16(17(11-22)21(23)25-20)18-12-24-19-5-3-2-4-15(18)19/h2-10,12,24H,1H3,(H2,23,25). The van der Waals surface area contributed by atoms with Crippen molar-refractivity contribution in [3.05, 3.63) is 71.9 Å². The Morgan fingerprint density at radius 1 is 1.04 bits per heavy atom. The molecule has 4 rings (SSSR count).